The Morgan fingerprint density at radius 3 is 2.78 bits per heavy atom. The van der Waals surface area contributed by atoms with Crippen molar-refractivity contribution in [2.45, 2.75) is 6.54 Å². The number of hydrogen-bond donors (Lipinski definition) is 1. The number of anilines is 2. The number of aromatic nitrogens is 2. The highest BCUT2D eigenvalue weighted by molar-refractivity contribution is 6.30. The normalized spacial score (nSPS) is 14.3. The van der Waals surface area contributed by atoms with Gasteiger partial charge in [0.2, 0.25) is 0 Å². The van der Waals surface area contributed by atoms with Gasteiger partial charge in [0.1, 0.15) is 6.07 Å². The molecule has 0 amide bonds. The van der Waals surface area contributed by atoms with E-state index in [-0.39, 0.29) is 0 Å². The van der Waals surface area contributed by atoms with Crippen molar-refractivity contribution in [1.29, 1.82) is 5.26 Å². The van der Waals surface area contributed by atoms with Gasteiger partial charge in [-0.3, -0.25) is 4.98 Å². The van der Waals surface area contributed by atoms with Crippen molar-refractivity contribution >= 4 is 23.0 Å². The molecular weight excluding hydrogens is 314 g/mol. The second kappa shape index (κ2) is 7.27. The number of nitrogens with zero attached hydrogens (tertiary/aromatic N) is 4. The highest BCUT2D eigenvalue weighted by Crippen LogP contribution is 2.22. The van der Waals surface area contributed by atoms with Gasteiger partial charge in [0, 0.05) is 19.3 Å². The number of halogens is 1. The average Bonchev–Trinajstić information content (AvgIpc) is 2.62. The van der Waals surface area contributed by atoms with Crippen molar-refractivity contribution in [3.8, 4) is 6.07 Å². The number of hydrogen-bond acceptors (Lipinski definition) is 6. The van der Waals surface area contributed by atoms with Gasteiger partial charge in [0.15, 0.2) is 5.69 Å². The summed E-state index contributed by atoms with van der Waals surface area (Å²) in [6, 6.07) is 7.70. The lowest BCUT2D eigenvalue weighted by molar-refractivity contribution is 0.122. The van der Waals surface area contributed by atoms with Crippen LogP contribution in [0.15, 0.2) is 30.6 Å². The Balaban J connectivity index is 1.76. The van der Waals surface area contributed by atoms with E-state index in [1.54, 1.807) is 18.5 Å². The van der Waals surface area contributed by atoms with Crippen LogP contribution in [0.25, 0.3) is 0 Å². The Labute approximate surface area is 139 Å². The molecule has 1 saturated heterocycles. The van der Waals surface area contributed by atoms with Crippen LogP contribution in [0.2, 0.25) is 5.02 Å². The molecule has 7 heteroatoms. The molecule has 3 rings (SSSR count). The number of ether oxygens (including phenoxy) is 1. The summed E-state index contributed by atoms with van der Waals surface area (Å²) in [5.74, 6) is 0. The molecule has 23 heavy (non-hydrogen) atoms. The van der Waals surface area contributed by atoms with Crippen molar-refractivity contribution in [3.05, 3.63) is 47.0 Å². The van der Waals surface area contributed by atoms with Crippen LogP contribution in [-0.4, -0.2) is 36.3 Å². The number of rotatable bonds is 4. The first kappa shape index (κ1) is 15.5. The standard InChI is InChI=1S/C16H16ClN5O/c17-12-1-2-13(19-9-12)10-20-15-7-14(11-21-16(15)8-18)22-3-5-23-6-4-22/h1-2,7,9,11,20H,3-6,10H2. The Kier molecular flexibility index (Phi) is 4.91. The van der Waals surface area contributed by atoms with Crippen molar-refractivity contribution in [2.75, 3.05) is 36.5 Å². The minimum Gasteiger partial charge on any atom is -0.378 e. The topological polar surface area (TPSA) is 74.1 Å². The van der Waals surface area contributed by atoms with Crippen LogP contribution in [0, 0.1) is 11.3 Å². The van der Waals surface area contributed by atoms with Gasteiger partial charge in [-0.25, -0.2) is 4.98 Å². The van der Waals surface area contributed by atoms with Crippen LogP contribution in [0.5, 0.6) is 0 Å². The van der Waals surface area contributed by atoms with E-state index in [1.165, 1.54) is 0 Å². The molecule has 1 fully saturated rings. The molecule has 0 radical (unpaired) electrons. The molecule has 0 spiro atoms. The van der Waals surface area contributed by atoms with Crippen LogP contribution in [-0.2, 0) is 11.3 Å². The first-order valence-electron chi connectivity index (χ1n) is 7.33. The van der Waals surface area contributed by atoms with E-state index in [0.29, 0.717) is 36.2 Å². The van der Waals surface area contributed by atoms with Crippen molar-refractivity contribution < 1.29 is 4.74 Å². The zero-order valence-corrected chi connectivity index (χ0v) is 13.3. The first-order chi connectivity index (χ1) is 11.3. The number of morpholine rings is 1. The third kappa shape index (κ3) is 3.89. The van der Waals surface area contributed by atoms with E-state index < -0.39 is 0 Å². The lowest BCUT2D eigenvalue weighted by atomic mass is 10.2. The predicted molar refractivity (Wildman–Crippen MR) is 88.6 cm³/mol. The van der Waals surface area contributed by atoms with Gasteiger partial charge in [0.25, 0.3) is 0 Å². The smallest absolute Gasteiger partial charge is 0.163 e. The lowest BCUT2D eigenvalue weighted by Crippen LogP contribution is -2.36. The molecule has 3 heterocycles. The summed E-state index contributed by atoms with van der Waals surface area (Å²) in [6.45, 7) is 3.56. The molecule has 0 unspecified atom stereocenters. The molecule has 0 aliphatic carbocycles. The monoisotopic (exact) mass is 329 g/mol. The maximum atomic E-state index is 9.23. The van der Waals surface area contributed by atoms with Crippen molar-refractivity contribution in [1.82, 2.24) is 9.97 Å². The van der Waals surface area contributed by atoms with E-state index in [4.69, 9.17) is 16.3 Å². The molecule has 2 aromatic heterocycles. The predicted octanol–water partition coefficient (Wildman–Crippen LogP) is 2.45. The molecule has 0 aromatic carbocycles. The highest BCUT2D eigenvalue weighted by Gasteiger charge is 2.14. The zero-order chi connectivity index (χ0) is 16.1. The minimum atomic E-state index is 0.371. The molecule has 0 saturated carbocycles. The van der Waals surface area contributed by atoms with Gasteiger partial charge >= 0.3 is 0 Å². The molecule has 1 aliphatic rings. The fraction of sp³-hybridized carbons (Fsp3) is 0.312. The summed E-state index contributed by atoms with van der Waals surface area (Å²) in [4.78, 5) is 10.7. The summed E-state index contributed by atoms with van der Waals surface area (Å²) in [6.07, 6.45) is 3.34. The molecule has 118 valence electrons. The third-order valence-electron chi connectivity index (χ3n) is 3.60. The summed E-state index contributed by atoms with van der Waals surface area (Å²) in [5.41, 5.74) is 2.90. The van der Waals surface area contributed by atoms with Gasteiger partial charge in [-0.1, -0.05) is 11.6 Å². The summed E-state index contributed by atoms with van der Waals surface area (Å²) < 4.78 is 5.36. The molecule has 2 aromatic rings. The van der Waals surface area contributed by atoms with Crippen LogP contribution in [0.1, 0.15) is 11.4 Å². The van der Waals surface area contributed by atoms with Gasteiger partial charge < -0.3 is 15.0 Å². The van der Waals surface area contributed by atoms with Gasteiger partial charge in [-0.15, -0.1) is 0 Å². The quantitative estimate of drug-likeness (QED) is 0.928. The summed E-state index contributed by atoms with van der Waals surface area (Å²) in [7, 11) is 0. The van der Waals surface area contributed by atoms with E-state index >= 15 is 0 Å². The van der Waals surface area contributed by atoms with E-state index in [0.717, 1.165) is 24.5 Å². The number of nitriles is 1. The van der Waals surface area contributed by atoms with E-state index in [9.17, 15) is 5.26 Å². The van der Waals surface area contributed by atoms with Gasteiger partial charge in [-0.2, -0.15) is 5.26 Å². The zero-order valence-electron chi connectivity index (χ0n) is 12.5. The lowest BCUT2D eigenvalue weighted by Gasteiger charge is -2.29. The second-order valence-electron chi connectivity index (χ2n) is 5.12. The Morgan fingerprint density at radius 1 is 1.26 bits per heavy atom. The van der Waals surface area contributed by atoms with E-state index in [2.05, 4.69) is 26.3 Å². The molecule has 6 nitrogen and oxygen atoms in total. The Morgan fingerprint density at radius 2 is 2.09 bits per heavy atom. The number of nitrogens with one attached hydrogen (secondary N) is 1. The third-order valence-corrected chi connectivity index (χ3v) is 3.83. The maximum Gasteiger partial charge on any atom is 0.163 e. The minimum absolute atomic E-state index is 0.371. The average molecular weight is 330 g/mol. The van der Waals surface area contributed by atoms with Gasteiger partial charge in [-0.05, 0) is 18.2 Å². The Bertz CT molecular complexity index is 707. The molecule has 0 atom stereocenters. The maximum absolute atomic E-state index is 9.23. The van der Waals surface area contributed by atoms with Crippen LogP contribution in [0.3, 0.4) is 0 Å². The van der Waals surface area contributed by atoms with Crippen LogP contribution >= 0.6 is 11.6 Å². The largest absolute Gasteiger partial charge is 0.378 e. The molecular formula is C16H16ClN5O. The van der Waals surface area contributed by atoms with E-state index in [1.807, 2.05) is 12.1 Å². The number of pyridine rings is 2. The Hall–Kier alpha value is -2.36. The SMILES string of the molecule is N#Cc1ncc(N2CCOCC2)cc1NCc1ccc(Cl)cn1. The highest BCUT2D eigenvalue weighted by atomic mass is 35.5. The summed E-state index contributed by atoms with van der Waals surface area (Å²) >= 11 is 5.83. The van der Waals surface area contributed by atoms with Crippen molar-refractivity contribution in [3.63, 3.8) is 0 Å². The fourth-order valence-corrected chi connectivity index (χ4v) is 2.48. The molecule has 0 bridgehead atoms. The van der Waals surface area contributed by atoms with Crippen LogP contribution in [0.4, 0.5) is 11.4 Å². The van der Waals surface area contributed by atoms with Crippen LogP contribution < -0.4 is 10.2 Å². The molecule has 1 aliphatic heterocycles. The summed E-state index contributed by atoms with van der Waals surface area (Å²) in [5, 5.41) is 13.1. The molecule has 1 N–H and O–H groups in total. The first-order valence-corrected chi connectivity index (χ1v) is 7.71. The van der Waals surface area contributed by atoms with Crippen molar-refractivity contribution in [2.24, 2.45) is 0 Å². The second-order valence-corrected chi connectivity index (χ2v) is 5.56. The van der Waals surface area contributed by atoms with Gasteiger partial charge in [0.05, 0.1) is 48.0 Å². The fourth-order valence-electron chi connectivity index (χ4n) is 2.37.